The van der Waals surface area contributed by atoms with Gasteiger partial charge in [0.25, 0.3) is 0 Å². The van der Waals surface area contributed by atoms with E-state index in [1.54, 1.807) is 49.6 Å². The average Bonchev–Trinajstić information content (AvgIpc) is 3.14. The van der Waals surface area contributed by atoms with Crippen molar-refractivity contribution in [2.45, 2.75) is 10.9 Å². The highest BCUT2D eigenvalue weighted by Gasteiger charge is 2.10. The Hall–Kier alpha value is -2.00. The summed E-state index contributed by atoms with van der Waals surface area (Å²) in [5, 5.41) is 12.6. The Morgan fingerprint density at radius 2 is 1.96 bits per heavy atom. The van der Waals surface area contributed by atoms with Crippen LogP contribution in [-0.2, 0) is 11.4 Å². The lowest BCUT2D eigenvalue weighted by Crippen LogP contribution is -2.13. The summed E-state index contributed by atoms with van der Waals surface area (Å²) in [6.07, 6.45) is 0. The van der Waals surface area contributed by atoms with E-state index < -0.39 is 0 Å². The van der Waals surface area contributed by atoms with Crippen molar-refractivity contribution in [2.24, 2.45) is 0 Å². The van der Waals surface area contributed by atoms with Gasteiger partial charge in [-0.1, -0.05) is 46.3 Å². The van der Waals surface area contributed by atoms with Crippen LogP contribution in [0.4, 0.5) is 5.69 Å². The van der Waals surface area contributed by atoms with E-state index in [0.29, 0.717) is 30.8 Å². The largest absolute Gasteiger partial charge is 0.497 e. The van der Waals surface area contributed by atoms with Gasteiger partial charge in [0, 0.05) is 10.7 Å². The number of methoxy groups -OCH3 is 1. The zero-order valence-corrected chi connectivity index (χ0v) is 17.8. The molecule has 6 nitrogen and oxygen atoms in total. The van der Waals surface area contributed by atoms with Crippen molar-refractivity contribution in [3.8, 4) is 11.5 Å². The van der Waals surface area contributed by atoms with E-state index in [-0.39, 0.29) is 18.3 Å². The summed E-state index contributed by atoms with van der Waals surface area (Å²) in [5.74, 6) is 1.35. The van der Waals surface area contributed by atoms with Crippen molar-refractivity contribution < 1.29 is 14.3 Å². The lowest BCUT2D eigenvalue weighted by molar-refractivity contribution is -0.113. The van der Waals surface area contributed by atoms with Crippen LogP contribution >= 0.6 is 46.3 Å². The maximum absolute atomic E-state index is 12.1. The maximum atomic E-state index is 12.1. The zero-order chi connectivity index (χ0) is 19.9. The van der Waals surface area contributed by atoms with Crippen molar-refractivity contribution in [1.82, 2.24) is 10.2 Å². The van der Waals surface area contributed by atoms with Crippen LogP contribution in [-0.4, -0.2) is 29.0 Å². The average molecular weight is 456 g/mol. The molecule has 3 aromatic rings. The summed E-state index contributed by atoms with van der Waals surface area (Å²) in [5.41, 5.74) is 0.706. The second-order valence-electron chi connectivity index (χ2n) is 5.39. The molecule has 1 heterocycles. The minimum atomic E-state index is -0.129. The quantitative estimate of drug-likeness (QED) is 0.472. The maximum Gasteiger partial charge on any atom is 0.234 e. The first-order chi connectivity index (χ1) is 13.5. The Morgan fingerprint density at radius 3 is 2.68 bits per heavy atom. The second kappa shape index (κ2) is 9.97. The molecule has 0 aliphatic heterocycles. The van der Waals surface area contributed by atoms with Gasteiger partial charge in [-0.3, -0.25) is 4.79 Å². The number of nitrogens with zero attached hydrogens (tertiary/aromatic N) is 2. The molecule has 0 radical (unpaired) electrons. The number of carbonyl (C=O) groups excluding carboxylic acids is 1. The SMILES string of the molecule is COc1ccc(NC(=O)CSc2nnc(COc3ccc(Cl)cc3Cl)s2)cc1. The smallest absolute Gasteiger partial charge is 0.234 e. The number of ether oxygens (including phenoxy) is 2. The van der Waals surface area contributed by atoms with Crippen LogP contribution in [0.2, 0.25) is 10.0 Å². The first-order valence-electron chi connectivity index (χ1n) is 8.00. The molecule has 1 amide bonds. The molecule has 0 saturated heterocycles. The topological polar surface area (TPSA) is 73.3 Å². The highest BCUT2D eigenvalue weighted by Crippen LogP contribution is 2.29. The van der Waals surface area contributed by atoms with Crippen LogP contribution in [0.1, 0.15) is 5.01 Å². The van der Waals surface area contributed by atoms with Crippen molar-refractivity contribution in [2.75, 3.05) is 18.2 Å². The van der Waals surface area contributed by atoms with Gasteiger partial charge in [-0.25, -0.2) is 0 Å². The number of halogens is 2. The molecule has 3 rings (SSSR count). The van der Waals surface area contributed by atoms with Gasteiger partial charge in [0.2, 0.25) is 5.91 Å². The Balaban J connectivity index is 1.46. The molecule has 2 aromatic carbocycles. The predicted octanol–water partition coefficient (Wildman–Crippen LogP) is 5.16. The molecule has 0 spiro atoms. The number of aromatic nitrogens is 2. The van der Waals surface area contributed by atoms with E-state index in [4.69, 9.17) is 32.7 Å². The van der Waals surface area contributed by atoms with E-state index >= 15 is 0 Å². The summed E-state index contributed by atoms with van der Waals surface area (Å²) < 4.78 is 11.4. The van der Waals surface area contributed by atoms with Crippen LogP contribution < -0.4 is 14.8 Å². The van der Waals surface area contributed by atoms with Gasteiger partial charge >= 0.3 is 0 Å². The Morgan fingerprint density at radius 1 is 1.18 bits per heavy atom. The molecule has 0 atom stereocenters. The predicted molar refractivity (Wildman–Crippen MR) is 113 cm³/mol. The van der Waals surface area contributed by atoms with E-state index in [0.717, 1.165) is 5.75 Å². The van der Waals surface area contributed by atoms with Gasteiger partial charge in [-0.2, -0.15) is 0 Å². The Labute approximate surface area is 180 Å². The first kappa shape index (κ1) is 20.7. The third-order valence-electron chi connectivity index (χ3n) is 3.39. The van der Waals surface area contributed by atoms with E-state index in [2.05, 4.69) is 15.5 Å². The molecule has 28 heavy (non-hydrogen) atoms. The zero-order valence-electron chi connectivity index (χ0n) is 14.6. The van der Waals surface area contributed by atoms with Crippen molar-refractivity contribution >= 4 is 57.9 Å². The number of hydrogen-bond acceptors (Lipinski definition) is 7. The van der Waals surface area contributed by atoms with E-state index in [1.807, 2.05) is 0 Å². The fraction of sp³-hybridized carbons (Fsp3) is 0.167. The molecule has 1 N–H and O–H groups in total. The number of nitrogens with one attached hydrogen (secondary N) is 1. The first-order valence-corrected chi connectivity index (χ1v) is 10.6. The lowest BCUT2D eigenvalue weighted by atomic mass is 10.3. The number of rotatable bonds is 8. The number of thioether (sulfide) groups is 1. The van der Waals surface area contributed by atoms with Gasteiger partial charge in [0.1, 0.15) is 18.1 Å². The number of hydrogen-bond donors (Lipinski definition) is 1. The molecule has 1 aromatic heterocycles. The summed E-state index contributed by atoms with van der Waals surface area (Å²) in [4.78, 5) is 12.1. The highest BCUT2D eigenvalue weighted by molar-refractivity contribution is 8.01. The molecule has 0 bridgehead atoms. The molecular weight excluding hydrogens is 441 g/mol. The molecule has 0 unspecified atom stereocenters. The fourth-order valence-corrected chi connectivity index (χ4v) is 4.16. The van der Waals surface area contributed by atoms with Gasteiger partial charge in [-0.05, 0) is 42.5 Å². The summed E-state index contributed by atoms with van der Waals surface area (Å²) >= 11 is 14.6. The molecule has 10 heteroatoms. The minimum absolute atomic E-state index is 0.129. The van der Waals surface area contributed by atoms with Crippen LogP contribution in [0, 0.1) is 0 Å². The van der Waals surface area contributed by atoms with E-state index in [1.165, 1.54) is 23.1 Å². The third kappa shape index (κ3) is 6.00. The molecule has 0 aliphatic rings. The van der Waals surface area contributed by atoms with Gasteiger partial charge in [-0.15, -0.1) is 10.2 Å². The molecule has 0 aliphatic carbocycles. The minimum Gasteiger partial charge on any atom is -0.497 e. The monoisotopic (exact) mass is 455 g/mol. The van der Waals surface area contributed by atoms with Gasteiger partial charge in [0.15, 0.2) is 9.35 Å². The Kier molecular flexibility index (Phi) is 7.38. The van der Waals surface area contributed by atoms with Crippen molar-refractivity contribution in [3.05, 3.63) is 57.5 Å². The number of carbonyl (C=O) groups is 1. The summed E-state index contributed by atoms with van der Waals surface area (Å²) in [6, 6.07) is 12.1. The lowest BCUT2D eigenvalue weighted by Gasteiger charge is -2.06. The van der Waals surface area contributed by atoms with Crippen LogP contribution in [0.3, 0.4) is 0 Å². The van der Waals surface area contributed by atoms with Gasteiger partial charge in [0.05, 0.1) is 17.9 Å². The van der Waals surface area contributed by atoms with Crippen LogP contribution in [0.15, 0.2) is 46.8 Å². The summed E-state index contributed by atoms with van der Waals surface area (Å²) in [7, 11) is 1.59. The molecule has 0 saturated carbocycles. The summed E-state index contributed by atoms with van der Waals surface area (Å²) in [6.45, 7) is 0.234. The normalized spacial score (nSPS) is 10.5. The van der Waals surface area contributed by atoms with Crippen LogP contribution in [0.5, 0.6) is 11.5 Å². The fourth-order valence-electron chi connectivity index (χ4n) is 2.09. The van der Waals surface area contributed by atoms with Crippen molar-refractivity contribution in [3.63, 3.8) is 0 Å². The van der Waals surface area contributed by atoms with Gasteiger partial charge < -0.3 is 14.8 Å². The Bertz CT molecular complexity index is 952. The van der Waals surface area contributed by atoms with Crippen molar-refractivity contribution in [1.29, 1.82) is 0 Å². The number of amides is 1. The van der Waals surface area contributed by atoms with E-state index in [9.17, 15) is 4.79 Å². The second-order valence-corrected chi connectivity index (χ2v) is 8.52. The highest BCUT2D eigenvalue weighted by atomic mass is 35.5. The molecule has 0 fully saturated rings. The number of anilines is 1. The standard InChI is InChI=1S/C18H15Cl2N3O3S2/c1-25-13-5-3-12(4-6-13)21-16(24)10-27-18-23-22-17(28-18)9-26-15-7-2-11(19)8-14(15)20/h2-8H,9-10H2,1H3,(H,21,24). The third-order valence-corrected chi connectivity index (χ3v) is 5.95. The van der Waals surface area contributed by atoms with Crippen LogP contribution in [0.25, 0.3) is 0 Å². The number of benzene rings is 2. The molecular formula is C18H15Cl2N3O3S2. The molecule has 146 valence electrons.